The zero-order valence-corrected chi connectivity index (χ0v) is 11.8. The lowest BCUT2D eigenvalue weighted by molar-refractivity contribution is 0.419. The molecule has 0 radical (unpaired) electrons. The van der Waals surface area contributed by atoms with Gasteiger partial charge in [0.25, 0.3) is 0 Å². The summed E-state index contributed by atoms with van der Waals surface area (Å²) in [7, 11) is -2.77. The summed E-state index contributed by atoms with van der Waals surface area (Å²) in [6.45, 7) is 4.13. The fourth-order valence-electron chi connectivity index (χ4n) is 2.05. The van der Waals surface area contributed by atoms with E-state index in [2.05, 4.69) is 17.2 Å². The Bertz CT molecular complexity index is 467. The van der Waals surface area contributed by atoms with Gasteiger partial charge in [-0.1, -0.05) is 0 Å². The smallest absolute Gasteiger partial charge is 0.150 e. The first-order valence-electron chi connectivity index (χ1n) is 5.85. The fraction of sp³-hybridized carbons (Fsp3) is 0.727. The van der Waals surface area contributed by atoms with Crippen LogP contribution in [0.4, 0.5) is 0 Å². The monoisotopic (exact) mass is 274 g/mol. The Balaban J connectivity index is 1.90. The van der Waals surface area contributed by atoms with Crippen LogP contribution in [0.25, 0.3) is 0 Å². The maximum absolute atomic E-state index is 11.3. The highest BCUT2D eigenvalue weighted by atomic mass is 32.2. The van der Waals surface area contributed by atoms with Gasteiger partial charge < -0.3 is 5.32 Å². The van der Waals surface area contributed by atoms with Crippen LogP contribution in [0.3, 0.4) is 0 Å². The van der Waals surface area contributed by atoms with Gasteiger partial charge in [-0.05, 0) is 26.7 Å². The number of aromatic nitrogens is 1. The zero-order chi connectivity index (χ0) is 12.5. The van der Waals surface area contributed by atoms with Crippen LogP contribution >= 0.6 is 11.3 Å². The van der Waals surface area contributed by atoms with Crippen molar-refractivity contribution in [2.24, 2.45) is 0 Å². The van der Waals surface area contributed by atoms with Crippen molar-refractivity contribution in [2.45, 2.75) is 38.8 Å². The maximum atomic E-state index is 11.3. The predicted molar refractivity (Wildman–Crippen MR) is 70.1 cm³/mol. The van der Waals surface area contributed by atoms with Crippen molar-refractivity contribution in [3.63, 3.8) is 0 Å². The summed E-state index contributed by atoms with van der Waals surface area (Å²) in [6, 6.07) is 0.511. The highest BCUT2D eigenvalue weighted by molar-refractivity contribution is 7.91. The molecule has 1 aromatic heterocycles. The van der Waals surface area contributed by atoms with Crippen molar-refractivity contribution in [1.29, 1.82) is 0 Å². The van der Waals surface area contributed by atoms with Crippen molar-refractivity contribution >= 4 is 21.2 Å². The van der Waals surface area contributed by atoms with Crippen LogP contribution in [0.2, 0.25) is 0 Å². The van der Waals surface area contributed by atoms with Gasteiger partial charge in [0.1, 0.15) is 14.8 Å². The van der Waals surface area contributed by atoms with Gasteiger partial charge in [0.05, 0.1) is 17.5 Å². The van der Waals surface area contributed by atoms with E-state index in [1.807, 2.05) is 13.1 Å². The van der Waals surface area contributed by atoms with Crippen molar-refractivity contribution in [2.75, 3.05) is 11.5 Å². The van der Waals surface area contributed by atoms with E-state index in [4.69, 9.17) is 0 Å². The molecule has 1 aliphatic rings. The number of hydrogen-bond donors (Lipinski definition) is 1. The molecular formula is C11H18N2O2S2. The van der Waals surface area contributed by atoms with E-state index >= 15 is 0 Å². The van der Waals surface area contributed by atoms with E-state index in [1.54, 1.807) is 11.3 Å². The molecule has 1 fully saturated rings. The molecule has 2 rings (SSSR count). The molecule has 0 amide bonds. The molecule has 1 saturated heterocycles. The average molecular weight is 274 g/mol. The second-order valence-electron chi connectivity index (χ2n) is 4.62. The first-order chi connectivity index (χ1) is 7.96. The fourth-order valence-corrected chi connectivity index (χ4v) is 4.33. The van der Waals surface area contributed by atoms with E-state index < -0.39 is 9.84 Å². The van der Waals surface area contributed by atoms with Gasteiger partial charge >= 0.3 is 0 Å². The number of aryl methyl sites for hydroxylation is 1. The van der Waals surface area contributed by atoms with Gasteiger partial charge in [0.2, 0.25) is 0 Å². The molecule has 4 nitrogen and oxygen atoms in total. The lowest BCUT2D eigenvalue weighted by Gasteiger charge is -2.25. The third-order valence-corrected chi connectivity index (χ3v) is 5.86. The third kappa shape index (κ3) is 3.50. The van der Waals surface area contributed by atoms with E-state index in [9.17, 15) is 8.42 Å². The van der Waals surface area contributed by atoms with Gasteiger partial charge in [-0.2, -0.15) is 0 Å². The highest BCUT2D eigenvalue weighted by Crippen LogP contribution is 2.21. The van der Waals surface area contributed by atoms with Crippen molar-refractivity contribution in [3.8, 4) is 0 Å². The third-order valence-electron chi connectivity index (χ3n) is 3.05. The molecule has 17 heavy (non-hydrogen) atoms. The predicted octanol–water partition coefficient (Wildman–Crippen LogP) is 1.68. The molecular weight excluding hydrogens is 256 g/mol. The van der Waals surface area contributed by atoms with Crippen molar-refractivity contribution in [1.82, 2.24) is 10.3 Å². The number of sulfone groups is 1. The number of rotatable bonds is 3. The molecule has 6 heteroatoms. The summed E-state index contributed by atoms with van der Waals surface area (Å²) in [5.74, 6) is 0.628. The van der Waals surface area contributed by atoms with Gasteiger partial charge in [0, 0.05) is 17.1 Å². The molecule has 0 aromatic carbocycles. The average Bonchev–Trinajstić information content (AvgIpc) is 2.68. The van der Waals surface area contributed by atoms with Crippen LogP contribution in [0.15, 0.2) is 6.20 Å². The van der Waals surface area contributed by atoms with Crippen LogP contribution in [0.1, 0.15) is 35.7 Å². The molecule has 96 valence electrons. The van der Waals surface area contributed by atoms with E-state index in [1.165, 1.54) is 4.88 Å². The summed E-state index contributed by atoms with van der Waals surface area (Å²) >= 11 is 1.69. The van der Waals surface area contributed by atoms with E-state index in [0.717, 1.165) is 17.8 Å². The van der Waals surface area contributed by atoms with E-state index in [-0.39, 0.29) is 6.04 Å². The van der Waals surface area contributed by atoms with Gasteiger partial charge in [-0.3, -0.25) is 0 Å². The minimum Gasteiger partial charge on any atom is -0.305 e. The quantitative estimate of drug-likeness (QED) is 0.911. The highest BCUT2D eigenvalue weighted by Gasteiger charge is 2.25. The largest absolute Gasteiger partial charge is 0.305 e. The molecule has 0 spiro atoms. The molecule has 1 atom stereocenters. The molecule has 0 bridgehead atoms. The van der Waals surface area contributed by atoms with E-state index in [0.29, 0.717) is 17.5 Å². The van der Waals surface area contributed by atoms with Crippen LogP contribution in [0, 0.1) is 6.92 Å². The standard InChI is InChI=1S/C11H18N2O2S2/c1-8-7-12-11(16-8)9(2)13-10-3-5-17(14,15)6-4-10/h7,9-10,13H,3-6H2,1-2H3. The second kappa shape index (κ2) is 5.04. The number of thiazole rings is 1. The van der Waals surface area contributed by atoms with Crippen LogP contribution in [-0.2, 0) is 9.84 Å². The molecule has 1 aromatic rings. The molecule has 1 aliphatic heterocycles. The van der Waals surface area contributed by atoms with Crippen LogP contribution < -0.4 is 5.32 Å². The van der Waals surface area contributed by atoms with Gasteiger partial charge in [-0.15, -0.1) is 11.3 Å². The van der Waals surface area contributed by atoms with Crippen molar-refractivity contribution in [3.05, 3.63) is 16.1 Å². The molecule has 2 heterocycles. The summed E-state index contributed by atoms with van der Waals surface area (Å²) in [6.07, 6.45) is 3.32. The summed E-state index contributed by atoms with van der Waals surface area (Å²) in [4.78, 5) is 5.56. The molecule has 1 N–H and O–H groups in total. The Labute approximate surface area is 106 Å². The first-order valence-corrected chi connectivity index (χ1v) is 8.49. The molecule has 0 aliphatic carbocycles. The van der Waals surface area contributed by atoms with Crippen molar-refractivity contribution < 1.29 is 8.42 Å². The van der Waals surface area contributed by atoms with Gasteiger partial charge in [-0.25, -0.2) is 13.4 Å². The van der Waals surface area contributed by atoms with Gasteiger partial charge in [0.15, 0.2) is 0 Å². The lowest BCUT2D eigenvalue weighted by atomic mass is 10.1. The Hall–Kier alpha value is -0.460. The summed E-state index contributed by atoms with van der Waals surface area (Å²) < 4.78 is 22.6. The Morgan fingerprint density at radius 2 is 2.12 bits per heavy atom. The minimum absolute atomic E-state index is 0.208. The topological polar surface area (TPSA) is 59.1 Å². The SMILES string of the molecule is Cc1cnc(C(C)NC2CCS(=O)(=O)CC2)s1. The molecule has 0 saturated carbocycles. The Morgan fingerprint density at radius 1 is 1.47 bits per heavy atom. The Kier molecular flexibility index (Phi) is 3.85. The molecule has 1 unspecified atom stereocenters. The summed E-state index contributed by atoms with van der Waals surface area (Å²) in [5, 5.41) is 4.55. The lowest BCUT2D eigenvalue weighted by Crippen LogP contribution is -2.38. The zero-order valence-electron chi connectivity index (χ0n) is 10.1. The van der Waals surface area contributed by atoms with Crippen LogP contribution in [-0.4, -0.2) is 30.9 Å². The summed E-state index contributed by atoms with van der Waals surface area (Å²) in [5.41, 5.74) is 0. The normalized spacial score (nSPS) is 22.5. The number of hydrogen-bond acceptors (Lipinski definition) is 5. The van der Waals surface area contributed by atoms with Crippen LogP contribution in [0.5, 0.6) is 0 Å². The number of nitrogens with zero attached hydrogens (tertiary/aromatic N) is 1. The minimum atomic E-state index is -2.77. The Morgan fingerprint density at radius 3 is 2.65 bits per heavy atom. The number of nitrogens with one attached hydrogen (secondary N) is 1. The maximum Gasteiger partial charge on any atom is 0.150 e. The second-order valence-corrected chi connectivity index (χ2v) is 8.19. The first kappa shape index (κ1) is 13.0.